The van der Waals surface area contributed by atoms with E-state index in [0.29, 0.717) is 36.1 Å². The average Bonchev–Trinajstić information content (AvgIpc) is 3.48. The Morgan fingerprint density at radius 2 is 1.56 bits per heavy atom. The first-order chi connectivity index (χ1) is 19.1. The van der Waals surface area contributed by atoms with Crippen LogP contribution in [0.2, 0.25) is 0 Å². The number of ether oxygens (including phenoxy) is 3. The molecule has 2 heterocycles. The van der Waals surface area contributed by atoms with Crippen LogP contribution in [0.1, 0.15) is 44.7 Å². The predicted molar refractivity (Wildman–Crippen MR) is 148 cm³/mol. The first-order valence-corrected chi connectivity index (χ1v) is 13.5. The van der Waals surface area contributed by atoms with E-state index in [4.69, 9.17) is 19.0 Å². The molecule has 3 atom stereocenters. The molecule has 8 nitrogen and oxygen atoms in total. The molecule has 2 fully saturated rings. The predicted octanol–water partition coefficient (Wildman–Crippen LogP) is 5.71. The Kier molecular flexibility index (Phi) is 8.02. The zero-order chi connectivity index (χ0) is 27.4. The summed E-state index contributed by atoms with van der Waals surface area (Å²) >= 11 is 0. The summed E-state index contributed by atoms with van der Waals surface area (Å²) in [5, 5.41) is 1.68. The second-order valence-corrected chi connectivity index (χ2v) is 9.62. The summed E-state index contributed by atoms with van der Waals surface area (Å²) in [6.45, 7) is 5.33. The Morgan fingerprint density at radius 1 is 0.795 bits per heavy atom. The molecular formula is C31H34N2O6. The number of rotatable bonds is 11. The van der Waals surface area contributed by atoms with E-state index in [-0.39, 0.29) is 11.8 Å². The van der Waals surface area contributed by atoms with Gasteiger partial charge in [0.05, 0.1) is 37.7 Å². The number of anilines is 2. The highest BCUT2D eigenvalue weighted by Crippen LogP contribution is 2.48. The SMILES string of the molecule is CCCCOc1ccc(N2C(=O)[C@@H]3[C@H](ON(c4ccccc4)[C@@H]3c3ccc(OCCC)c(OC)c3)C2=O)cc1. The monoisotopic (exact) mass is 530 g/mol. The number of para-hydroxylation sites is 1. The van der Waals surface area contributed by atoms with Crippen molar-refractivity contribution in [3.05, 3.63) is 78.4 Å². The maximum absolute atomic E-state index is 13.9. The normalized spacial score (nSPS) is 20.3. The second-order valence-electron chi connectivity index (χ2n) is 9.62. The fourth-order valence-corrected chi connectivity index (χ4v) is 5.03. The maximum atomic E-state index is 13.9. The highest BCUT2D eigenvalue weighted by molar-refractivity contribution is 6.23. The lowest BCUT2D eigenvalue weighted by Crippen LogP contribution is -2.37. The highest BCUT2D eigenvalue weighted by Gasteiger charge is 2.60. The van der Waals surface area contributed by atoms with Crippen LogP contribution in [-0.2, 0) is 14.4 Å². The summed E-state index contributed by atoms with van der Waals surface area (Å²) in [6, 6.07) is 21.6. The molecule has 2 aliphatic rings. The number of hydrogen-bond acceptors (Lipinski definition) is 7. The molecule has 3 aromatic carbocycles. The molecule has 2 aliphatic heterocycles. The number of imide groups is 1. The fourth-order valence-electron chi connectivity index (χ4n) is 5.03. The Labute approximate surface area is 229 Å². The average molecular weight is 531 g/mol. The van der Waals surface area contributed by atoms with Crippen molar-refractivity contribution in [1.29, 1.82) is 0 Å². The summed E-state index contributed by atoms with van der Waals surface area (Å²) in [6.07, 6.45) is 1.91. The van der Waals surface area contributed by atoms with E-state index in [9.17, 15) is 9.59 Å². The van der Waals surface area contributed by atoms with Gasteiger partial charge >= 0.3 is 0 Å². The van der Waals surface area contributed by atoms with Crippen LogP contribution in [0, 0.1) is 5.92 Å². The third-order valence-corrected chi connectivity index (χ3v) is 6.98. The van der Waals surface area contributed by atoms with Gasteiger partial charge in [-0.15, -0.1) is 0 Å². The smallest absolute Gasteiger partial charge is 0.266 e. The maximum Gasteiger partial charge on any atom is 0.266 e. The van der Waals surface area contributed by atoms with Gasteiger partial charge in [-0.05, 0) is 66.9 Å². The highest BCUT2D eigenvalue weighted by atomic mass is 16.7. The number of benzene rings is 3. The van der Waals surface area contributed by atoms with Crippen molar-refractivity contribution in [3.63, 3.8) is 0 Å². The van der Waals surface area contributed by atoms with E-state index in [2.05, 4.69) is 6.92 Å². The van der Waals surface area contributed by atoms with Crippen molar-refractivity contribution in [2.75, 3.05) is 30.3 Å². The molecule has 0 unspecified atom stereocenters. The number of amides is 2. The molecule has 0 bridgehead atoms. The van der Waals surface area contributed by atoms with E-state index in [1.807, 2.05) is 55.5 Å². The molecule has 0 spiro atoms. The minimum Gasteiger partial charge on any atom is -0.494 e. The van der Waals surface area contributed by atoms with Crippen LogP contribution >= 0.6 is 0 Å². The Bertz CT molecular complexity index is 1300. The third kappa shape index (κ3) is 5.16. The summed E-state index contributed by atoms with van der Waals surface area (Å²) < 4.78 is 17.2. The molecule has 0 radical (unpaired) electrons. The second kappa shape index (κ2) is 11.8. The van der Waals surface area contributed by atoms with Crippen molar-refractivity contribution >= 4 is 23.2 Å². The van der Waals surface area contributed by atoms with Crippen LogP contribution in [0.4, 0.5) is 11.4 Å². The first kappa shape index (κ1) is 26.6. The van der Waals surface area contributed by atoms with Crippen LogP contribution in [0.25, 0.3) is 0 Å². The van der Waals surface area contributed by atoms with Gasteiger partial charge < -0.3 is 14.2 Å². The van der Waals surface area contributed by atoms with Gasteiger partial charge in [-0.3, -0.25) is 14.4 Å². The van der Waals surface area contributed by atoms with Crippen LogP contribution in [-0.4, -0.2) is 38.2 Å². The summed E-state index contributed by atoms with van der Waals surface area (Å²) in [5.74, 6) is 0.450. The number of carbonyl (C=O) groups excluding carboxylic acids is 2. The van der Waals surface area contributed by atoms with Crippen molar-refractivity contribution in [1.82, 2.24) is 0 Å². The number of methoxy groups -OCH3 is 1. The molecule has 8 heteroatoms. The van der Waals surface area contributed by atoms with Crippen molar-refractivity contribution in [2.24, 2.45) is 5.92 Å². The van der Waals surface area contributed by atoms with Crippen LogP contribution in [0.15, 0.2) is 72.8 Å². The molecule has 2 amide bonds. The van der Waals surface area contributed by atoms with Gasteiger partial charge in [0.15, 0.2) is 17.6 Å². The van der Waals surface area contributed by atoms with Crippen molar-refractivity contribution < 1.29 is 28.6 Å². The minimum absolute atomic E-state index is 0.307. The summed E-state index contributed by atoms with van der Waals surface area (Å²) in [7, 11) is 1.59. The van der Waals surface area contributed by atoms with Crippen molar-refractivity contribution in [3.8, 4) is 17.2 Å². The van der Waals surface area contributed by atoms with Gasteiger partial charge in [0, 0.05) is 0 Å². The van der Waals surface area contributed by atoms with Crippen LogP contribution in [0.3, 0.4) is 0 Å². The van der Waals surface area contributed by atoms with E-state index < -0.39 is 18.1 Å². The van der Waals surface area contributed by atoms with E-state index in [1.165, 1.54) is 4.90 Å². The molecule has 0 aliphatic carbocycles. The zero-order valence-electron chi connectivity index (χ0n) is 22.5. The number of carbonyl (C=O) groups is 2. The number of unbranched alkanes of at least 4 members (excludes halogenated alkanes) is 1. The molecule has 0 aromatic heterocycles. The fraction of sp³-hybridized carbons (Fsp3) is 0.355. The quantitative estimate of drug-likeness (QED) is 0.232. The molecule has 204 valence electrons. The third-order valence-electron chi connectivity index (χ3n) is 6.98. The number of hydrogen-bond donors (Lipinski definition) is 0. The van der Waals surface area contributed by atoms with E-state index >= 15 is 0 Å². The van der Waals surface area contributed by atoms with E-state index in [1.54, 1.807) is 36.4 Å². The molecular weight excluding hydrogens is 496 g/mol. The van der Waals surface area contributed by atoms with Gasteiger partial charge in [0.2, 0.25) is 5.91 Å². The number of nitrogens with zero attached hydrogens (tertiary/aromatic N) is 2. The lowest BCUT2D eigenvalue weighted by atomic mass is 9.90. The number of hydroxylamine groups is 1. The van der Waals surface area contributed by atoms with Gasteiger partial charge in [-0.2, -0.15) is 0 Å². The lowest BCUT2D eigenvalue weighted by Gasteiger charge is -2.29. The topological polar surface area (TPSA) is 77.5 Å². The molecule has 2 saturated heterocycles. The molecule has 39 heavy (non-hydrogen) atoms. The molecule has 5 rings (SSSR count). The summed E-state index contributed by atoms with van der Waals surface area (Å²) in [5.41, 5.74) is 2.04. The Balaban J connectivity index is 1.48. The number of fused-ring (bicyclic) bond motifs is 1. The first-order valence-electron chi connectivity index (χ1n) is 13.5. The zero-order valence-corrected chi connectivity index (χ0v) is 22.5. The minimum atomic E-state index is -0.954. The van der Waals surface area contributed by atoms with Crippen molar-refractivity contribution in [2.45, 2.75) is 45.3 Å². The molecule has 0 N–H and O–H groups in total. The van der Waals surface area contributed by atoms with Gasteiger partial charge in [-0.25, -0.2) is 9.96 Å². The van der Waals surface area contributed by atoms with Crippen LogP contribution in [0.5, 0.6) is 17.2 Å². The van der Waals surface area contributed by atoms with Crippen LogP contribution < -0.4 is 24.2 Å². The van der Waals surface area contributed by atoms with Gasteiger partial charge in [-0.1, -0.05) is 44.5 Å². The Hall–Kier alpha value is -4.04. The van der Waals surface area contributed by atoms with Gasteiger partial charge in [0.1, 0.15) is 11.7 Å². The largest absolute Gasteiger partial charge is 0.494 e. The molecule has 3 aromatic rings. The van der Waals surface area contributed by atoms with E-state index in [0.717, 1.165) is 30.5 Å². The molecule has 0 saturated carbocycles. The van der Waals surface area contributed by atoms with Gasteiger partial charge in [0.25, 0.3) is 5.91 Å². The Morgan fingerprint density at radius 3 is 2.26 bits per heavy atom. The lowest BCUT2D eigenvalue weighted by molar-refractivity contribution is -0.126. The summed E-state index contributed by atoms with van der Waals surface area (Å²) in [4.78, 5) is 35.0. The standard InChI is InChI=1S/C31H34N2O6/c1-4-6-19-37-24-15-13-22(14-16-24)32-30(34)27-28(21-12-17-25(38-18-5-2)26(20-21)36-3)33(39-29(27)31(32)35)23-10-8-7-9-11-23/h7-17,20,27-29H,4-6,18-19H2,1-3H3/t27-,28+,29-/m0/s1.